The number of carbonyl (C=O) groups excluding carboxylic acids is 2. The number of benzene rings is 2. The van der Waals surface area contributed by atoms with Crippen molar-refractivity contribution in [1.82, 2.24) is 15.5 Å². The van der Waals surface area contributed by atoms with E-state index < -0.39 is 53.9 Å². The standard InChI is InChI=1S/C24H27N3O8/c1-27(2)8-10-4-3-5-11(6-10)23(32)25-16-14-12-7-13-22(35-9-34-13)18(28)15(12)24(33)26-17(14)20(30)21(31)19(16)29/h3-7,14,16-17,19-21,28-31H,8-9H2,1-2H3,(H,25,32)(H,26,33)/t14?,16?,17-,19+,20?,21?/m1/s1. The molecule has 0 bridgehead atoms. The lowest BCUT2D eigenvalue weighted by molar-refractivity contribution is -0.117. The summed E-state index contributed by atoms with van der Waals surface area (Å²) in [6.07, 6.45) is -4.71. The molecule has 0 aromatic heterocycles. The first-order valence-electron chi connectivity index (χ1n) is 11.2. The number of fused-ring (bicyclic) bond motifs is 4. The molecule has 4 unspecified atom stereocenters. The Morgan fingerprint density at radius 3 is 2.66 bits per heavy atom. The number of aliphatic hydroxyl groups excluding tert-OH is 3. The van der Waals surface area contributed by atoms with E-state index in [2.05, 4.69) is 10.6 Å². The molecule has 0 radical (unpaired) electrons. The second-order valence-electron chi connectivity index (χ2n) is 9.36. The van der Waals surface area contributed by atoms with Crippen molar-refractivity contribution in [3.63, 3.8) is 0 Å². The van der Waals surface area contributed by atoms with Gasteiger partial charge in [0.25, 0.3) is 11.8 Å². The third-order valence-electron chi connectivity index (χ3n) is 6.75. The molecule has 6 atom stereocenters. The summed E-state index contributed by atoms with van der Waals surface area (Å²) in [6.45, 7) is 0.476. The first-order valence-corrected chi connectivity index (χ1v) is 11.2. The lowest BCUT2D eigenvalue weighted by Gasteiger charge is -2.49. The number of ether oxygens (including phenoxy) is 2. The number of carbonyl (C=O) groups is 2. The minimum Gasteiger partial charge on any atom is -0.504 e. The molecular formula is C24H27N3O8. The average molecular weight is 485 g/mol. The molecular weight excluding hydrogens is 458 g/mol. The van der Waals surface area contributed by atoms with Crippen molar-refractivity contribution in [2.75, 3.05) is 20.9 Å². The smallest absolute Gasteiger partial charge is 0.255 e. The maximum atomic E-state index is 13.2. The zero-order valence-corrected chi connectivity index (χ0v) is 19.1. The molecule has 186 valence electrons. The molecule has 2 aliphatic heterocycles. The Bertz CT molecular complexity index is 1190. The molecule has 0 saturated heterocycles. The lowest BCUT2D eigenvalue weighted by Crippen LogP contribution is -2.69. The van der Waals surface area contributed by atoms with Crippen molar-refractivity contribution in [1.29, 1.82) is 0 Å². The van der Waals surface area contributed by atoms with Crippen LogP contribution < -0.4 is 20.1 Å². The zero-order chi connectivity index (χ0) is 25.0. The fraction of sp³-hybridized carbons (Fsp3) is 0.417. The van der Waals surface area contributed by atoms with Crippen LogP contribution >= 0.6 is 0 Å². The van der Waals surface area contributed by atoms with Gasteiger partial charge in [0.1, 0.15) is 18.3 Å². The molecule has 2 aromatic carbocycles. The number of hydrogen-bond donors (Lipinski definition) is 6. The van der Waals surface area contributed by atoms with Crippen LogP contribution in [0.3, 0.4) is 0 Å². The van der Waals surface area contributed by atoms with E-state index in [1.54, 1.807) is 18.2 Å². The predicted octanol–water partition coefficient (Wildman–Crippen LogP) is -0.727. The van der Waals surface area contributed by atoms with Crippen LogP contribution in [0.2, 0.25) is 0 Å². The fourth-order valence-electron chi connectivity index (χ4n) is 5.19. The molecule has 11 heteroatoms. The van der Waals surface area contributed by atoms with Gasteiger partial charge in [0.2, 0.25) is 12.5 Å². The Balaban J connectivity index is 1.54. The monoisotopic (exact) mass is 485 g/mol. The molecule has 2 heterocycles. The van der Waals surface area contributed by atoms with Crippen LogP contribution in [0.4, 0.5) is 0 Å². The van der Waals surface area contributed by atoms with Gasteiger partial charge in [-0.2, -0.15) is 0 Å². The van der Waals surface area contributed by atoms with Gasteiger partial charge in [0.15, 0.2) is 11.5 Å². The van der Waals surface area contributed by atoms with E-state index in [9.17, 15) is 30.0 Å². The number of aromatic hydroxyl groups is 1. The maximum absolute atomic E-state index is 13.2. The van der Waals surface area contributed by atoms with Crippen molar-refractivity contribution in [2.45, 2.75) is 42.9 Å². The number of phenolic OH excluding ortho intramolecular Hbond substituents is 1. The summed E-state index contributed by atoms with van der Waals surface area (Å²) in [7, 11) is 3.82. The average Bonchev–Trinajstić information content (AvgIpc) is 3.29. The highest BCUT2D eigenvalue weighted by atomic mass is 16.7. The summed E-state index contributed by atoms with van der Waals surface area (Å²) in [6, 6.07) is 6.35. The van der Waals surface area contributed by atoms with Gasteiger partial charge in [0.05, 0.1) is 17.6 Å². The van der Waals surface area contributed by atoms with Gasteiger partial charge in [-0.25, -0.2) is 0 Å². The highest BCUT2D eigenvalue weighted by molar-refractivity contribution is 6.02. The number of phenols is 1. The summed E-state index contributed by atoms with van der Waals surface area (Å²) >= 11 is 0. The van der Waals surface area contributed by atoms with Gasteiger partial charge in [-0.3, -0.25) is 9.59 Å². The Kier molecular flexibility index (Phi) is 5.80. The zero-order valence-electron chi connectivity index (χ0n) is 19.1. The molecule has 5 rings (SSSR count). The molecule has 6 N–H and O–H groups in total. The van der Waals surface area contributed by atoms with Gasteiger partial charge in [0, 0.05) is 18.0 Å². The van der Waals surface area contributed by atoms with Crippen molar-refractivity contribution in [3.8, 4) is 17.2 Å². The Hall–Kier alpha value is -3.38. The van der Waals surface area contributed by atoms with Gasteiger partial charge < -0.3 is 45.4 Å². The van der Waals surface area contributed by atoms with Crippen molar-refractivity contribution >= 4 is 11.8 Å². The maximum Gasteiger partial charge on any atom is 0.255 e. The normalized spacial score (nSPS) is 28.8. The summed E-state index contributed by atoms with van der Waals surface area (Å²) in [5, 5.41) is 48.2. The van der Waals surface area contributed by atoms with Crippen LogP contribution in [-0.2, 0) is 6.54 Å². The molecule has 35 heavy (non-hydrogen) atoms. The number of amides is 2. The first-order chi connectivity index (χ1) is 16.7. The van der Waals surface area contributed by atoms with Crippen LogP contribution in [0.25, 0.3) is 0 Å². The van der Waals surface area contributed by atoms with E-state index in [-0.39, 0.29) is 29.4 Å². The van der Waals surface area contributed by atoms with Crippen LogP contribution in [0.1, 0.15) is 37.8 Å². The molecule has 3 aliphatic rings. The van der Waals surface area contributed by atoms with E-state index in [1.165, 1.54) is 6.07 Å². The molecule has 2 aromatic rings. The van der Waals surface area contributed by atoms with Crippen molar-refractivity contribution in [2.24, 2.45) is 0 Å². The third-order valence-corrected chi connectivity index (χ3v) is 6.75. The second-order valence-corrected chi connectivity index (χ2v) is 9.36. The summed E-state index contributed by atoms with van der Waals surface area (Å²) in [5.74, 6) is -2.27. The number of rotatable bonds is 4. The molecule has 0 spiro atoms. The minimum absolute atomic E-state index is 0.0209. The topological polar surface area (TPSA) is 161 Å². The van der Waals surface area contributed by atoms with Crippen LogP contribution in [0.15, 0.2) is 30.3 Å². The predicted molar refractivity (Wildman–Crippen MR) is 121 cm³/mol. The fourth-order valence-corrected chi connectivity index (χ4v) is 5.19. The highest BCUT2D eigenvalue weighted by Gasteiger charge is 2.54. The Morgan fingerprint density at radius 2 is 1.91 bits per heavy atom. The second kappa shape index (κ2) is 8.68. The largest absolute Gasteiger partial charge is 0.504 e. The van der Waals surface area contributed by atoms with Crippen LogP contribution in [-0.4, -0.2) is 88.4 Å². The van der Waals surface area contributed by atoms with Crippen LogP contribution in [0.5, 0.6) is 17.2 Å². The molecule has 11 nitrogen and oxygen atoms in total. The van der Waals surface area contributed by atoms with E-state index >= 15 is 0 Å². The third kappa shape index (κ3) is 3.86. The Morgan fingerprint density at radius 1 is 1.14 bits per heavy atom. The SMILES string of the molecule is CN(C)Cc1cccc(C(=O)NC2C3c4cc5c(c(O)c4C(=O)N[C@H]3C(O)C(O)[C@H]2O)OCO5)c1. The molecule has 1 fully saturated rings. The van der Waals surface area contributed by atoms with E-state index in [0.29, 0.717) is 12.1 Å². The number of nitrogens with one attached hydrogen (secondary N) is 2. The van der Waals surface area contributed by atoms with E-state index in [4.69, 9.17) is 9.47 Å². The number of aliphatic hydroxyl groups is 3. The van der Waals surface area contributed by atoms with Crippen LogP contribution in [0, 0.1) is 0 Å². The van der Waals surface area contributed by atoms with Crippen molar-refractivity contribution in [3.05, 3.63) is 52.6 Å². The van der Waals surface area contributed by atoms with Gasteiger partial charge >= 0.3 is 0 Å². The minimum atomic E-state index is -1.63. The molecule has 1 aliphatic carbocycles. The summed E-state index contributed by atoms with van der Waals surface area (Å²) < 4.78 is 10.6. The molecule has 2 amide bonds. The lowest BCUT2D eigenvalue weighted by atomic mass is 9.68. The number of hydrogen-bond acceptors (Lipinski definition) is 9. The van der Waals surface area contributed by atoms with E-state index in [1.807, 2.05) is 25.1 Å². The molecule has 1 saturated carbocycles. The summed E-state index contributed by atoms with van der Waals surface area (Å²) in [5.41, 5.74) is 1.42. The van der Waals surface area contributed by atoms with Gasteiger partial charge in [-0.1, -0.05) is 12.1 Å². The summed E-state index contributed by atoms with van der Waals surface area (Å²) in [4.78, 5) is 28.0. The first kappa shape index (κ1) is 23.4. The highest BCUT2D eigenvalue weighted by Crippen LogP contribution is 2.50. The number of nitrogens with zero attached hydrogens (tertiary/aromatic N) is 1. The van der Waals surface area contributed by atoms with Gasteiger partial charge in [-0.05, 0) is 43.4 Å². The van der Waals surface area contributed by atoms with E-state index in [0.717, 1.165) is 5.56 Å². The van der Waals surface area contributed by atoms with Crippen molar-refractivity contribution < 1.29 is 39.5 Å². The van der Waals surface area contributed by atoms with Gasteiger partial charge in [-0.15, -0.1) is 0 Å². The Labute approximate surface area is 200 Å². The quantitative estimate of drug-likeness (QED) is 0.328.